The van der Waals surface area contributed by atoms with Gasteiger partial charge >= 0.3 is 5.69 Å². The van der Waals surface area contributed by atoms with Crippen molar-refractivity contribution >= 4 is 55.4 Å². The molecule has 10 heteroatoms. The predicted molar refractivity (Wildman–Crippen MR) is 130 cm³/mol. The molecule has 3 aromatic carbocycles. The largest absolute Gasteiger partial charge is 0.355 e. The Morgan fingerprint density at radius 2 is 1.42 bits per heavy atom. The maximum absolute atomic E-state index is 12.1. The summed E-state index contributed by atoms with van der Waals surface area (Å²) in [7, 11) is 0. The molecule has 9 nitrogen and oxygen atoms in total. The van der Waals surface area contributed by atoms with E-state index in [9.17, 15) is 10.1 Å². The minimum absolute atomic E-state index is 0.0475. The second-order valence-electron chi connectivity index (χ2n) is 6.91. The quantitative estimate of drug-likeness (QED) is 0.230. The van der Waals surface area contributed by atoms with E-state index in [4.69, 9.17) is 0 Å². The summed E-state index contributed by atoms with van der Waals surface area (Å²) < 4.78 is 0.967. The lowest BCUT2D eigenvalue weighted by atomic mass is 10.2. The van der Waals surface area contributed by atoms with E-state index < -0.39 is 4.92 Å². The summed E-state index contributed by atoms with van der Waals surface area (Å²) in [6, 6.07) is 26.6. The van der Waals surface area contributed by atoms with Gasteiger partial charge in [0.05, 0.1) is 26.5 Å². The normalized spacial score (nSPS) is 10.7. The van der Waals surface area contributed by atoms with Crippen LogP contribution in [0.4, 0.5) is 33.8 Å². The summed E-state index contributed by atoms with van der Waals surface area (Å²) in [6.07, 6.45) is 1.28. The first-order valence-electron chi connectivity index (χ1n) is 9.98. The number of rotatable bonds is 7. The second kappa shape index (κ2) is 8.89. The molecule has 0 spiro atoms. The number of thiazole rings is 1. The highest BCUT2D eigenvalue weighted by Crippen LogP contribution is 2.35. The van der Waals surface area contributed by atoms with Crippen LogP contribution < -0.4 is 15.8 Å². The Hall–Kier alpha value is -4.57. The van der Waals surface area contributed by atoms with Gasteiger partial charge in [0, 0.05) is 0 Å². The highest BCUT2D eigenvalue weighted by molar-refractivity contribution is 7.22. The summed E-state index contributed by atoms with van der Waals surface area (Å²) in [5.41, 5.74) is 5.20. The van der Waals surface area contributed by atoms with Crippen LogP contribution in [0.2, 0.25) is 0 Å². The van der Waals surface area contributed by atoms with Crippen LogP contribution in [0.15, 0.2) is 91.3 Å². The minimum atomic E-state index is -0.508. The van der Waals surface area contributed by atoms with Crippen LogP contribution in [-0.4, -0.2) is 19.9 Å². The molecule has 2 heterocycles. The maximum atomic E-state index is 12.1. The number of hydrogen-bond donors (Lipinski definition) is 2. The summed E-state index contributed by atoms with van der Waals surface area (Å²) in [6.45, 7) is 0. The Kier molecular flexibility index (Phi) is 5.48. The number of fused-ring (bicyclic) bond motifs is 1. The van der Waals surface area contributed by atoms with Gasteiger partial charge in [0.1, 0.15) is 6.33 Å². The van der Waals surface area contributed by atoms with Gasteiger partial charge in [-0.3, -0.25) is 20.5 Å². The highest BCUT2D eigenvalue weighted by Gasteiger charge is 2.26. The number of hydrazine groups is 1. The molecule has 0 saturated carbocycles. The van der Waals surface area contributed by atoms with Crippen LogP contribution in [-0.2, 0) is 0 Å². The zero-order valence-corrected chi connectivity index (χ0v) is 17.9. The summed E-state index contributed by atoms with van der Waals surface area (Å²) in [5, 5.41) is 17.3. The number of para-hydroxylation sites is 3. The third-order valence-corrected chi connectivity index (χ3v) is 5.72. The van der Waals surface area contributed by atoms with E-state index in [0.717, 1.165) is 21.6 Å². The number of nitro groups is 1. The molecule has 0 saturated heterocycles. The van der Waals surface area contributed by atoms with Crippen molar-refractivity contribution in [2.24, 2.45) is 0 Å². The second-order valence-corrected chi connectivity index (χ2v) is 7.94. The van der Waals surface area contributed by atoms with E-state index in [1.807, 2.05) is 84.9 Å². The average molecular weight is 456 g/mol. The summed E-state index contributed by atoms with van der Waals surface area (Å²) >= 11 is 1.39. The van der Waals surface area contributed by atoms with Crippen LogP contribution >= 0.6 is 11.3 Å². The number of nitrogens with zero attached hydrogens (tertiary/aromatic N) is 5. The van der Waals surface area contributed by atoms with Gasteiger partial charge in [-0.25, -0.2) is 15.0 Å². The Morgan fingerprint density at radius 1 is 0.818 bits per heavy atom. The molecular weight excluding hydrogens is 438 g/mol. The highest BCUT2D eigenvalue weighted by atomic mass is 32.1. The molecule has 0 radical (unpaired) electrons. The lowest BCUT2D eigenvalue weighted by Gasteiger charge is -2.25. The Morgan fingerprint density at radius 3 is 2.06 bits per heavy atom. The zero-order valence-electron chi connectivity index (χ0n) is 17.1. The van der Waals surface area contributed by atoms with Crippen LogP contribution in [0.1, 0.15) is 0 Å². The maximum Gasteiger partial charge on any atom is 0.355 e. The number of hydrogen-bond acceptors (Lipinski definition) is 9. The zero-order chi connectivity index (χ0) is 22.6. The summed E-state index contributed by atoms with van der Waals surface area (Å²) in [5.74, 6) is 0.101. The average Bonchev–Trinajstić information content (AvgIpc) is 3.26. The van der Waals surface area contributed by atoms with Gasteiger partial charge in [-0.05, 0) is 36.4 Å². The van der Waals surface area contributed by atoms with Crippen LogP contribution in [0, 0.1) is 10.1 Å². The van der Waals surface area contributed by atoms with Gasteiger partial charge in [-0.15, -0.1) is 0 Å². The van der Waals surface area contributed by atoms with Gasteiger partial charge in [-0.2, -0.15) is 0 Å². The van der Waals surface area contributed by atoms with Crippen molar-refractivity contribution in [1.29, 1.82) is 0 Å². The first-order valence-corrected chi connectivity index (χ1v) is 10.8. The molecule has 0 aliphatic heterocycles. The predicted octanol–water partition coefficient (Wildman–Crippen LogP) is 5.90. The van der Waals surface area contributed by atoms with Crippen molar-refractivity contribution in [1.82, 2.24) is 15.0 Å². The molecule has 0 fully saturated rings. The smallest absolute Gasteiger partial charge is 0.310 e. The fourth-order valence-corrected chi connectivity index (χ4v) is 4.16. The molecule has 2 N–H and O–H groups in total. The molecule has 0 aliphatic carbocycles. The molecular formula is C23H17N7O2S. The Labute approximate surface area is 192 Å². The fourth-order valence-electron chi connectivity index (χ4n) is 3.29. The molecule has 162 valence electrons. The molecule has 0 bridgehead atoms. The monoisotopic (exact) mass is 455 g/mol. The van der Waals surface area contributed by atoms with E-state index in [1.165, 1.54) is 17.7 Å². The molecule has 0 aliphatic rings. The Bertz CT molecular complexity index is 1340. The van der Waals surface area contributed by atoms with Crippen molar-refractivity contribution in [3.8, 4) is 0 Å². The van der Waals surface area contributed by atoms with E-state index in [0.29, 0.717) is 5.13 Å². The van der Waals surface area contributed by atoms with E-state index in [-0.39, 0.29) is 17.3 Å². The SMILES string of the molecule is O=[N+]([O-])c1c(Nc2nc3ccccc3s2)ncnc1NN(c1ccccc1)c1ccccc1. The third-order valence-electron chi connectivity index (χ3n) is 4.77. The third kappa shape index (κ3) is 4.27. The first-order chi connectivity index (χ1) is 16.2. The standard InChI is InChI=1S/C23H17N7O2S/c31-30(32)20-21(27-23-26-18-13-7-8-14-19(18)33-23)24-15-25-22(20)28-29(16-9-3-1-4-10-16)17-11-5-2-6-12-17/h1-15H,(H2,24,25,26,27,28). The lowest BCUT2D eigenvalue weighted by molar-refractivity contribution is -0.383. The van der Waals surface area contributed by atoms with Crippen LogP contribution in [0.3, 0.4) is 0 Å². The van der Waals surface area contributed by atoms with Crippen molar-refractivity contribution in [2.45, 2.75) is 0 Å². The molecule has 2 aromatic heterocycles. The minimum Gasteiger partial charge on any atom is -0.310 e. The topological polar surface area (TPSA) is 109 Å². The van der Waals surface area contributed by atoms with E-state index in [2.05, 4.69) is 25.7 Å². The van der Waals surface area contributed by atoms with Gasteiger partial charge in [0.25, 0.3) is 0 Å². The van der Waals surface area contributed by atoms with Gasteiger partial charge < -0.3 is 5.32 Å². The van der Waals surface area contributed by atoms with E-state index in [1.54, 1.807) is 5.01 Å². The van der Waals surface area contributed by atoms with Crippen molar-refractivity contribution < 1.29 is 4.92 Å². The molecule has 0 atom stereocenters. The number of benzene rings is 3. The number of anilines is 5. The van der Waals surface area contributed by atoms with Crippen LogP contribution in [0.5, 0.6) is 0 Å². The molecule has 0 amide bonds. The molecule has 5 rings (SSSR count). The fraction of sp³-hybridized carbons (Fsp3) is 0. The van der Waals surface area contributed by atoms with Gasteiger partial charge in [-0.1, -0.05) is 59.9 Å². The van der Waals surface area contributed by atoms with Gasteiger partial charge in [0.2, 0.25) is 11.6 Å². The first kappa shape index (κ1) is 20.3. The number of aromatic nitrogens is 3. The molecule has 33 heavy (non-hydrogen) atoms. The molecule has 5 aromatic rings. The van der Waals surface area contributed by atoms with Crippen molar-refractivity contribution in [3.63, 3.8) is 0 Å². The lowest BCUT2D eigenvalue weighted by Crippen LogP contribution is -2.25. The van der Waals surface area contributed by atoms with Gasteiger partial charge in [0.15, 0.2) is 5.13 Å². The van der Waals surface area contributed by atoms with Crippen molar-refractivity contribution in [2.75, 3.05) is 15.8 Å². The number of nitrogens with one attached hydrogen (secondary N) is 2. The molecule has 0 unspecified atom stereocenters. The van der Waals surface area contributed by atoms with Crippen LogP contribution in [0.25, 0.3) is 10.2 Å². The summed E-state index contributed by atoms with van der Waals surface area (Å²) in [4.78, 5) is 24.3. The Balaban J connectivity index is 1.54. The van der Waals surface area contributed by atoms with E-state index >= 15 is 0 Å². The van der Waals surface area contributed by atoms with Crippen molar-refractivity contribution in [3.05, 3.63) is 101 Å².